The molecule has 0 aromatic heterocycles. The van der Waals surface area contributed by atoms with Crippen LogP contribution in [0.2, 0.25) is 10.0 Å². The molecule has 1 atom stereocenters. The lowest BCUT2D eigenvalue weighted by molar-refractivity contribution is -0.385. The molecule has 14 heteroatoms. The first-order valence-corrected chi connectivity index (χ1v) is 17.5. The summed E-state index contributed by atoms with van der Waals surface area (Å²) in [6, 6.07) is 13.5. The van der Waals surface area contributed by atoms with Crippen molar-refractivity contribution in [1.82, 2.24) is 10.2 Å². The summed E-state index contributed by atoms with van der Waals surface area (Å²) in [4.78, 5) is 40.1. The number of nitro benzene ring substituents is 1. The molecule has 1 N–H and O–H groups in total. The van der Waals surface area contributed by atoms with E-state index in [2.05, 4.69) is 5.32 Å². The maximum atomic E-state index is 14.4. The Labute approximate surface area is 285 Å². The van der Waals surface area contributed by atoms with E-state index in [1.54, 1.807) is 25.1 Å². The maximum absolute atomic E-state index is 14.4. The minimum Gasteiger partial charge on any atom is -0.497 e. The van der Waals surface area contributed by atoms with E-state index in [1.165, 1.54) is 55.3 Å². The highest BCUT2D eigenvalue weighted by molar-refractivity contribution is 7.92. The first-order chi connectivity index (χ1) is 22.4. The zero-order valence-electron chi connectivity index (χ0n) is 26.4. The van der Waals surface area contributed by atoms with Gasteiger partial charge in [0.05, 0.1) is 22.6 Å². The van der Waals surface area contributed by atoms with E-state index in [1.807, 2.05) is 0 Å². The number of nitro groups is 1. The van der Waals surface area contributed by atoms with E-state index >= 15 is 0 Å². The van der Waals surface area contributed by atoms with Gasteiger partial charge >= 0.3 is 0 Å². The summed E-state index contributed by atoms with van der Waals surface area (Å²) in [6.07, 6.45) is 4.97. The second-order valence-corrected chi connectivity index (χ2v) is 14.1. The van der Waals surface area contributed by atoms with E-state index in [0.29, 0.717) is 11.3 Å². The van der Waals surface area contributed by atoms with Crippen LogP contribution in [0.5, 0.6) is 5.75 Å². The quantitative estimate of drug-likeness (QED) is 0.155. The van der Waals surface area contributed by atoms with Crippen molar-refractivity contribution in [3.63, 3.8) is 0 Å². The fourth-order valence-electron chi connectivity index (χ4n) is 5.67. The van der Waals surface area contributed by atoms with Gasteiger partial charge < -0.3 is 15.0 Å². The molecule has 0 aliphatic heterocycles. The number of rotatable bonds is 13. The third-order valence-electron chi connectivity index (χ3n) is 8.33. The van der Waals surface area contributed by atoms with Crippen LogP contribution in [0.4, 0.5) is 11.4 Å². The molecule has 0 bridgehead atoms. The summed E-state index contributed by atoms with van der Waals surface area (Å²) in [5, 5.41) is 15.3. The molecule has 3 aromatic rings. The van der Waals surface area contributed by atoms with Gasteiger partial charge in [-0.1, -0.05) is 61.5 Å². The van der Waals surface area contributed by atoms with Crippen molar-refractivity contribution >= 4 is 56.4 Å². The van der Waals surface area contributed by atoms with Gasteiger partial charge in [-0.05, 0) is 68.7 Å². The minimum atomic E-state index is -4.55. The second kappa shape index (κ2) is 15.8. The van der Waals surface area contributed by atoms with Crippen molar-refractivity contribution in [2.24, 2.45) is 0 Å². The number of ether oxygens (including phenoxy) is 1. The molecule has 4 rings (SSSR count). The molecule has 47 heavy (non-hydrogen) atoms. The summed E-state index contributed by atoms with van der Waals surface area (Å²) < 4.78 is 34.5. The molecule has 11 nitrogen and oxygen atoms in total. The molecule has 0 saturated heterocycles. The lowest BCUT2D eigenvalue weighted by atomic mass is 9.95. The van der Waals surface area contributed by atoms with Crippen LogP contribution in [0.15, 0.2) is 65.6 Å². The number of carbonyl (C=O) groups is 2. The van der Waals surface area contributed by atoms with Gasteiger partial charge in [0, 0.05) is 39.8 Å². The summed E-state index contributed by atoms with van der Waals surface area (Å²) >= 11 is 13.0. The van der Waals surface area contributed by atoms with E-state index in [0.717, 1.165) is 42.5 Å². The zero-order valence-corrected chi connectivity index (χ0v) is 28.8. The highest BCUT2D eigenvalue weighted by Gasteiger charge is 2.35. The number of carbonyl (C=O) groups excluding carboxylic acids is 2. The Morgan fingerprint density at radius 3 is 2.26 bits per heavy atom. The van der Waals surface area contributed by atoms with E-state index in [9.17, 15) is 28.1 Å². The average Bonchev–Trinajstić information content (AvgIpc) is 3.05. The van der Waals surface area contributed by atoms with Crippen molar-refractivity contribution in [2.75, 3.05) is 18.0 Å². The van der Waals surface area contributed by atoms with Crippen molar-refractivity contribution in [3.05, 3.63) is 92.0 Å². The van der Waals surface area contributed by atoms with Gasteiger partial charge in [0.1, 0.15) is 18.3 Å². The molecule has 1 aliphatic rings. The number of methoxy groups -OCH3 is 1. The number of amides is 2. The first kappa shape index (κ1) is 36.0. The summed E-state index contributed by atoms with van der Waals surface area (Å²) in [7, 11) is -3.09. The van der Waals surface area contributed by atoms with E-state index in [4.69, 9.17) is 27.9 Å². The van der Waals surface area contributed by atoms with Gasteiger partial charge in [-0.15, -0.1) is 0 Å². The first-order valence-electron chi connectivity index (χ1n) is 15.3. The summed E-state index contributed by atoms with van der Waals surface area (Å²) in [6.45, 7) is 2.37. The molecule has 0 radical (unpaired) electrons. The third-order valence-corrected chi connectivity index (χ3v) is 10.8. The largest absolute Gasteiger partial charge is 0.497 e. The van der Waals surface area contributed by atoms with E-state index in [-0.39, 0.29) is 56.8 Å². The van der Waals surface area contributed by atoms with Crippen LogP contribution in [-0.2, 0) is 26.2 Å². The van der Waals surface area contributed by atoms with Crippen LogP contribution < -0.4 is 14.4 Å². The number of anilines is 1. The Balaban J connectivity index is 1.78. The second-order valence-electron chi connectivity index (χ2n) is 11.4. The number of hydrogen-bond donors (Lipinski definition) is 1. The van der Waals surface area contributed by atoms with Crippen LogP contribution in [0, 0.1) is 17.0 Å². The number of sulfonamides is 1. The van der Waals surface area contributed by atoms with Gasteiger partial charge in [-0.3, -0.25) is 24.0 Å². The lowest BCUT2D eigenvalue weighted by Crippen LogP contribution is -2.54. The van der Waals surface area contributed by atoms with Crippen molar-refractivity contribution in [1.29, 1.82) is 0 Å². The predicted molar refractivity (Wildman–Crippen MR) is 181 cm³/mol. The van der Waals surface area contributed by atoms with Crippen molar-refractivity contribution in [2.45, 2.75) is 75.9 Å². The number of halogens is 2. The van der Waals surface area contributed by atoms with Crippen molar-refractivity contribution in [3.8, 4) is 5.75 Å². The van der Waals surface area contributed by atoms with Crippen LogP contribution >= 0.6 is 23.2 Å². The standard InChI is InChI=1S/C33H38Cl2N4O7S/c1-4-30(33(41)36-23-9-6-5-7-10-23)37(20-27-28(34)11-8-12-29(27)35)32(40)21-38(24-14-16-25(46-3)17-15-24)47(44,45)26-18-13-22(2)31(19-26)39(42)43/h8,11-19,23,30H,4-7,9-10,20-21H2,1-3H3,(H,36,41)/t30-/m1/s1. The number of aryl methyl sites for hydroxylation is 1. The Bertz CT molecular complexity index is 1690. The normalized spacial score (nSPS) is 14.2. The molecule has 0 spiro atoms. The fourth-order valence-corrected chi connectivity index (χ4v) is 7.62. The number of benzene rings is 3. The Morgan fingerprint density at radius 1 is 1.04 bits per heavy atom. The fraction of sp³-hybridized carbons (Fsp3) is 0.394. The van der Waals surface area contributed by atoms with Crippen LogP contribution in [0.1, 0.15) is 56.6 Å². The van der Waals surface area contributed by atoms with Gasteiger partial charge in [-0.25, -0.2) is 8.42 Å². The molecule has 252 valence electrons. The molecular weight excluding hydrogens is 667 g/mol. The minimum absolute atomic E-state index is 0.0281. The summed E-state index contributed by atoms with van der Waals surface area (Å²) in [5.74, 6) is -0.611. The van der Waals surface area contributed by atoms with Gasteiger partial charge in [0.25, 0.3) is 15.7 Å². The molecule has 1 fully saturated rings. The molecule has 1 aliphatic carbocycles. The van der Waals surface area contributed by atoms with Crippen LogP contribution in [-0.4, -0.2) is 55.8 Å². The van der Waals surface area contributed by atoms with Gasteiger partial charge in [0.15, 0.2) is 0 Å². The van der Waals surface area contributed by atoms with Gasteiger partial charge in [-0.2, -0.15) is 0 Å². The Kier molecular flexibility index (Phi) is 12.1. The zero-order chi connectivity index (χ0) is 34.3. The average molecular weight is 706 g/mol. The number of nitrogens with one attached hydrogen (secondary N) is 1. The summed E-state index contributed by atoms with van der Waals surface area (Å²) in [5.41, 5.74) is 0.407. The van der Waals surface area contributed by atoms with Crippen molar-refractivity contribution < 1.29 is 27.7 Å². The predicted octanol–water partition coefficient (Wildman–Crippen LogP) is 6.67. The highest BCUT2D eigenvalue weighted by Crippen LogP contribution is 2.31. The topological polar surface area (TPSA) is 139 Å². The Morgan fingerprint density at radius 2 is 1.68 bits per heavy atom. The third kappa shape index (κ3) is 8.54. The molecule has 2 amide bonds. The SMILES string of the molecule is CC[C@H](C(=O)NC1CCCCC1)N(Cc1c(Cl)cccc1Cl)C(=O)CN(c1ccc(OC)cc1)S(=O)(=O)c1ccc(C)c([N+](=O)[O-])c1. The smallest absolute Gasteiger partial charge is 0.273 e. The number of nitrogens with zero attached hydrogens (tertiary/aromatic N) is 3. The molecular formula is C33H38Cl2N4O7S. The van der Waals surface area contributed by atoms with Crippen LogP contribution in [0.25, 0.3) is 0 Å². The highest BCUT2D eigenvalue weighted by atomic mass is 35.5. The maximum Gasteiger partial charge on any atom is 0.273 e. The molecule has 1 saturated carbocycles. The van der Waals surface area contributed by atoms with E-state index < -0.39 is 33.4 Å². The number of hydrogen-bond acceptors (Lipinski definition) is 7. The lowest BCUT2D eigenvalue weighted by Gasteiger charge is -2.34. The van der Waals surface area contributed by atoms with Crippen LogP contribution in [0.3, 0.4) is 0 Å². The molecule has 0 unspecified atom stereocenters. The molecule has 0 heterocycles. The van der Waals surface area contributed by atoms with Gasteiger partial charge in [0.2, 0.25) is 11.8 Å². The Hall–Kier alpha value is -3.87. The monoisotopic (exact) mass is 704 g/mol. The molecule has 3 aromatic carbocycles.